The molecule has 3 aromatic carbocycles. The van der Waals surface area contributed by atoms with Gasteiger partial charge in [-0.05, 0) is 65.9 Å². The zero-order valence-electron chi connectivity index (χ0n) is 18.5. The predicted molar refractivity (Wildman–Crippen MR) is 129 cm³/mol. The van der Waals surface area contributed by atoms with Crippen LogP contribution >= 0.6 is 0 Å². The van der Waals surface area contributed by atoms with Gasteiger partial charge < -0.3 is 14.8 Å². The van der Waals surface area contributed by atoms with E-state index in [2.05, 4.69) is 77.6 Å². The lowest BCUT2D eigenvalue weighted by Gasteiger charge is -2.31. The Morgan fingerprint density at radius 1 is 0.969 bits per heavy atom. The molecule has 0 unspecified atom stereocenters. The summed E-state index contributed by atoms with van der Waals surface area (Å²) in [5.74, 6) is 0. The second-order valence-electron chi connectivity index (χ2n) is 8.36. The molecule has 1 aromatic heterocycles. The van der Waals surface area contributed by atoms with Gasteiger partial charge in [-0.1, -0.05) is 61.5 Å². The second kappa shape index (κ2) is 8.39. The number of benzene rings is 3. The van der Waals surface area contributed by atoms with Crippen molar-refractivity contribution in [2.24, 2.45) is 0 Å². The van der Waals surface area contributed by atoms with Gasteiger partial charge in [-0.25, -0.2) is 4.79 Å². The highest BCUT2D eigenvalue weighted by Gasteiger charge is 2.33. The summed E-state index contributed by atoms with van der Waals surface area (Å²) in [4.78, 5) is 15.6. The van der Waals surface area contributed by atoms with Gasteiger partial charge >= 0.3 is 6.03 Å². The minimum Gasteiger partial charge on any atom is -0.318 e. The summed E-state index contributed by atoms with van der Waals surface area (Å²) < 4.78 is 2.22. The highest BCUT2D eigenvalue weighted by Crippen LogP contribution is 2.37. The number of urea groups is 1. The molecule has 1 N–H and O–H groups in total. The Labute approximate surface area is 189 Å². The van der Waals surface area contributed by atoms with Gasteiger partial charge in [0.15, 0.2) is 0 Å². The number of nitrogens with one attached hydrogen (secondary N) is 1. The summed E-state index contributed by atoms with van der Waals surface area (Å²) >= 11 is 0. The monoisotopic (exact) mass is 421 g/mol. The second-order valence-corrected chi connectivity index (χ2v) is 8.36. The highest BCUT2D eigenvalue weighted by atomic mass is 16.2. The lowest BCUT2D eigenvalue weighted by molar-refractivity contribution is 0.194. The molecule has 0 spiro atoms. The van der Waals surface area contributed by atoms with Gasteiger partial charge in [-0.2, -0.15) is 0 Å². The van der Waals surface area contributed by atoms with E-state index in [1.807, 2.05) is 42.2 Å². The molecule has 4 nitrogen and oxygen atoms in total. The third-order valence-electron chi connectivity index (χ3n) is 6.20. The zero-order valence-corrected chi connectivity index (χ0v) is 18.5. The number of nitrogens with zero attached hydrogens (tertiary/aromatic N) is 2. The molecule has 1 atom stereocenters. The SMILES string of the molecule is CCc1ccc([C@H]2c3cccn3-c3ccccc3CN2C(=O)Nc2cccc(C)c2)cc1. The van der Waals surface area contributed by atoms with Crippen LogP contribution < -0.4 is 5.32 Å². The molecular formula is C28H27N3O. The third kappa shape index (κ3) is 3.69. The summed E-state index contributed by atoms with van der Waals surface area (Å²) in [6, 6.07) is 28.8. The van der Waals surface area contributed by atoms with E-state index in [1.54, 1.807) is 0 Å². The Morgan fingerprint density at radius 3 is 2.56 bits per heavy atom. The number of hydrogen-bond donors (Lipinski definition) is 1. The minimum absolute atomic E-state index is 0.107. The van der Waals surface area contributed by atoms with Crippen molar-refractivity contribution < 1.29 is 4.79 Å². The highest BCUT2D eigenvalue weighted by molar-refractivity contribution is 5.90. The molecule has 0 fully saturated rings. The quantitative estimate of drug-likeness (QED) is 0.404. The van der Waals surface area contributed by atoms with Crippen LogP contribution in [0, 0.1) is 6.92 Å². The Kier molecular flexibility index (Phi) is 5.28. The van der Waals surface area contributed by atoms with E-state index < -0.39 is 0 Å². The van der Waals surface area contributed by atoms with Gasteiger partial charge in [0.25, 0.3) is 0 Å². The van der Waals surface area contributed by atoms with E-state index >= 15 is 0 Å². The topological polar surface area (TPSA) is 37.3 Å². The van der Waals surface area contributed by atoms with Crippen molar-refractivity contribution in [3.05, 3.63) is 119 Å². The number of rotatable bonds is 3. The van der Waals surface area contributed by atoms with Crippen molar-refractivity contribution in [1.29, 1.82) is 0 Å². The van der Waals surface area contributed by atoms with Crippen LogP contribution in [-0.4, -0.2) is 15.5 Å². The van der Waals surface area contributed by atoms with Crippen molar-refractivity contribution in [3.8, 4) is 5.69 Å². The Bertz CT molecular complexity index is 1260. The smallest absolute Gasteiger partial charge is 0.318 e. The Balaban J connectivity index is 1.62. The van der Waals surface area contributed by atoms with Crippen molar-refractivity contribution in [2.75, 3.05) is 5.32 Å². The average Bonchev–Trinajstić information content (AvgIpc) is 3.23. The van der Waals surface area contributed by atoms with Crippen LogP contribution in [0.15, 0.2) is 91.1 Å². The summed E-state index contributed by atoms with van der Waals surface area (Å²) in [5.41, 5.74) is 7.64. The molecule has 0 radical (unpaired) electrons. The van der Waals surface area contributed by atoms with Crippen molar-refractivity contribution in [1.82, 2.24) is 9.47 Å². The van der Waals surface area contributed by atoms with E-state index in [9.17, 15) is 4.79 Å². The molecule has 4 heteroatoms. The van der Waals surface area contributed by atoms with Crippen molar-refractivity contribution in [3.63, 3.8) is 0 Å². The molecule has 0 saturated heterocycles. The Hall–Kier alpha value is -3.79. The first kappa shape index (κ1) is 20.1. The molecule has 5 rings (SSSR count). The summed E-state index contributed by atoms with van der Waals surface area (Å²) in [7, 11) is 0. The molecule has 2 amide bonds. The van der Waals surface area contributed by atoms with Gasteiger partial charge in [-0.15, -0.1) is 0 Å². The first-order valence-electron chi connectivity index (χ1n) is 11.1. The van der Waals surface area contributed by atoms with Crippen LogP contribution in [0.1, 0.15) is 40.9 Å². The van der Waals surface area contributed by atoms with Gasteiger partial charge in [-0.3, -0.25) is 0 Å². The number of hydrogen-bond acceptors (Lipinski definition) is 1. The molecule has 2 heterocycles. The van der Waals surface area contributed by atoms with Crippen LogP contribution in [0.5, 0.6) is 0 Å². The number of aryl methyl sites for hydroxylation is 2. The molecule has 160 valence electrons. The fraction of sp³-hybridized carbons (Fsp3) is 0.179. The Morgan fingerprint density at radius 2 is 1.78 bits per heavy atom. The maximum Gasteiger partial charge on any atom is 0.322 e. The minimum atomic E-state index is -0.201. The fourth-order valence-corrected chi connectivity index (χ4v) is 4.54. The maximum atomic E-state index is 13.7. The average molecular weight is 422 g/mol. The van der Waals surface area contributed by atoms with Crippen molar-refractivity contribution >= 4 is 11.7 Å². The first-order valence-corrected chi connectivity index (χ1v) is 11.1. The lowest BCUT2D eigenvalue weighted by Crippen LogP contribution is -2.37. The number of para-hydroxylation sites is 1. The first-order chi connectivity index (χ1) is 15.6. The molecule has 0 aliphatic carbocycles. The normalized spacial score (nSPS) is 14.9. The van der Waals surface area contributed by atoms with Crippen LogP contribution in [0.3, 0.4) is 0 Å². The van der Waals surface area contributed by atoms with Gasteiger partial charge in [0.1, 0.15) is 0 Å². The van der Waals surface area contributed by atoms with E-state index in [-0.39, 0.29) is 12.1 Å². The number of amides is 2. The lowest BCUT2D eigenvalue weighted by atomic mass is 10.00. The van der Waals surface area contributed by atoms with Gasteiger partial charge in [0.05, 0.1) is 18.3 Å². The maximum absolute atomic E-state index is 13.7. The molecule has 4 aromatic rings. The number of aromatic nitrogens is 1. The molecule has 1 aliphatic rings. The van der Waals surface area contributed by atoms with Crippen LogP contribution in [0.4, 0.5) is 10.5 Å². The fourth-order valence-electron chi connectivity index (χ4n) is 4.54. The van der Waals surface area contributed by atoms with E-state index in [0.717, 1.165) is 40.2 Å². The summed E-state index contributed by atoms with van der Waals surface area (Å²) in [6.45, 7) is 4.71. The number of anilines is 1. The van der Waals surface area contributed by atoms with E-state index in [1.165, 1.54) is 5.56 Å². The molecule has 1 aliphatic heterocycles. The summed E-state index contributed by atoms with van der Waals surface area (Å²) in [5, 5.41) is 3.13. The summed E-state index contributed by atoms with van der Waals surface area (Å²) in [6.07, 6.45) is 3.08. The zero-order chi connectivity index (χ0) is 22.1. The van der Waals surface area contributed by atoms with Crippen LogP contribution in [0.25, 0.3) is 5.69 Å². The van der Waals surface area contributed by atoms with E-state index in [4.69, 9.17) is 0 Å². The van der Waals surface area contributed by atoms with Crippen LogP contribution in [-0.2, 0) is 13.0 Å². The third-order valence-corrected chi connectivity index (χ3v) is 6.20. The standard InChI is InChI=1S/C28H27N3O/c1-3-21-13-15-22(16-14-21)27-26-12-7-17-30(26)25-11-5-4-9-23(25)19-31(27)28(32)29-24-10-6-8-20(2)18-24/h4-18,27H,3,19H2,1-2H3,(H,29,32)/t27-/m0/s1. The number of carbonyl (C=O) groups is 1. The van der Waals surface area contributed by atoms with Crippen molar-refractivity contribution in [2.45, 2.75) is 32.9 Å². The molecule has 32 heavy (non-hydrogen) atoms. The molecular weight excluding hydrogens is 394 g/mol. The van der Waals surface area contributed by atoms with E-state index in [0.29, 0.717) is 6.54 Å². The largest absolute Gasteiger partial charge is 0.322 e. The number of carbonyl (C=O) groups excluding carboxylic acids is 1. The van der Waals surface area contributed by atoms with Gasteiger partial charge in [0, 0.05) is 17.6 Å². The molecule has 0 saturated carbocycles. The van der Waals surface area contributed by atoms with Crippen LogP contribution in [0.2, 0.25) is 0 Å². The van der Waals surface area contributed by atoms with Gasteiger partial charge in [0.2, 0.25) is 0 Å². The number of fused-ring (bicyclic) bond motifs is 3. The predicted octanol–water partition coefficient (Wildman–Crippen LogP) is 6.49. The molecule has 0 bridgehead atoms.